The van der Waals surface area contributed by atoms with Crippen LogP contribution in [0.25, 0.3) is 10.9 Å². The van der Waals surface area contributed by atoms with E-state index in [0.717, 1.165) is 24.7 Å². The van der Waals surface area contributed by atoms with Gasteiger partial charge in [0.1, 0.15) is 5.75 Å². The van der Waals surface area contributed by atoms with Crippen molar-refractivity contribution in [2.24, 2.45) is 0 Å². The Morgan fingerprint density at radius 1 is 1.08 bits per heavy atom. The summed E-state index contributed by atoms with van der Waals surface area (Å²) in [6, 6.07) is 7.16. The molecule has 1 aromatic heterocycles. The Kier molecular flexibility index (Phi) is 7.39. The number of nitrogens with one attached hydrogen (secondary N) is 1. The maximum absolute atomic E-state index is 13.4. The number of ether oxygens (including phenoxy) is 1. The monoisotopic (exact) mass is 524 g/mol. The molecule has 0 atom stereocenters. The van der Waals surface area contributed by atoms with Crippen LogP contribution in [0.4, 0.5) is 13.2 Å². The van der Waals surface area contributed by atoms with Crippen molar-refractivity contribution in [1.82, 2.24) is 19.8 Å². The fourth-order valence-corrected chi connectivity index (χ4v) is 5.43. The first-order chi connectivity index (χ1) is 17.0. The van der Waals surface area contributed by atoms with Crippen molar-refractivity contribution in [3.8, 4) is 5.75 Å². The van der Waals surface area contributed by atoms with Gasteiger partial charge in [0, 0.05) is 32.7 Å². The van der Waals surface area contributed by atoms with Gasteiger partial charge in [-0.25, -0.2) is 13.4 Å². The highest BCUT2D eigenvalue weighted by Crippen LogP contribution is 2.28. The molecule has 0 aliphatic carbocycles. The maximum atomic E-state index is 13.4. The number of nitrogens with zero attached hydrogens (tertiary/aromatic N) is 3. The second-order valence-electron chi connectivity index (χ2n) is 8.74. The number of hydrogen-bond donors (Lipinski definition) is 1. The maximum Gasteiger partial charge on any atom is 0.573 e. The Balaban J connectivity index is 1.81. The van der Waals surface area contributed by atoms with Crippen LogP contribution in [0.15, 0.2) is 46.3 Å². The molecule has 36 heavy (non-hydrogen) atoms. The summed E-state index contributed by atoms with van der Waals surface area (Å²) < 4.78 is 69.6. The van der Waals surface area contributed by atoms with Gasteiger partial charge in [-0.2, -0.15) is 0 Å². The van der Waals surface area contributed by atoms with E-state index in [0.29, 0.717) is 30.8 Å². The molecule has 0 bridgehead atoms. The van der Waals surface area contributed by atoms with Crippen LogP contribution in [0.2, 0.25) is 0 Å². The number of fused-ring (bicyclic) bond motifs is 1. The second kappa shape index (κ2) is 10.2. The first kappa shape index (κ1) is 26.1. The summed E-state index contributed by atoms with van der Waals surface area (Å²) in [5.74, 6) is -0.608. The summed E-state index contributed by atoms with van der Waals surface area (Å²) in [5.41, 5.74) is 1.36. The average molecular weight is 525 g/mol. The molecule has 0 radical (unpaired) electrons. The summed E-state index contributed by atoms with van der Waals surface area (Å²) in [7, 11) is -3.56. The number of piperazine rings is 1. The molecule has 1 aliphatic heterocycles. The minimum Gasteiger partial charge on any atom is -0.406 e. The van der Waals surface area contributed by atoms with Crippen molar-refractivity contribution < 1.29 is 26.3 Å². The average Bonchev–Trinajstić information content (AvgIpc) is 2.81. The Morgan fingerprint density at radius 3 is 2.47 bits per heavy atom. The van der Waals surface area contributed by atoms with Gasteiger partial charge in [-0.3, -0.25) is 14.3 Å². The van der Waals surface area contributed by atoms with Crippen LogP contribution >= 0.6 is 0 Å². The number of sulfone groups is 1. The molecule has 1 fully saturated rings. The third-order valence-electron chi connectivity index (χ3n) is 6.09. The normalized spacial score (nSPS) is 15.4. The number of aryl methyl sites for hydroxylation is 1. The molecule has 8 nitrogen and oxygen atoms in total. The fraction of sp³-hybridized carbons (Fsp3) is 0.417. The number of rotatable bonds is 7. The molecule has 2 aromatic carbocycles. The standard InChI is InChI=1S/C24H27F3N4O4S/c1-3-36(33,34)21-5-4-16(2)10-17(21)14-31-15-29-22-18(13-30-8-6-28-7-9-30)11-19(35-24(25,26)27)12-20(22)23(31)32/h4-5,10-12,15,28H,3,6-9,13-14H2,1-2H3. The van der Waals surface area contributed by atoms with Gasteiger partial charge in [0.25, 0.3) is 5.56 Å². The molecular weight excluding hydrogens is 497 g/mol. The van der Waals surface area contributed by atoms with Crippen LogP contribution in [0.1, 0.15) is 23.6 Å². The molecule has 194 valence electrons. The van der Waals surface area contributed by atoms with Crippen LogP contribution in [-0.4, -0.2) is 61.2 Å². The molecule has 12 heteroatoms. The molecule has 2 heterocycles. The molecule has 0 spiro atoms. The zero-order chi connectivity index (χ0) is 26.1. The van der Waals surface area contributed by atoms with Crippen LogP contribution in [-0.2, 0) is 22.9 Å². The number of benzene rings is 2. The van der Waals surface area contributed by atoms with E-state index >= 15 is 0 Å². The van der Waals surface area contributed by atoms with E-state index in [9.17, 15) is 26.4 Å². The highest BCUT2D eigenvalue weighted by Gasteiger charge is 2.32. The van der Waals surface area contributed by atoms with Crippen LogP contribution in [0, 0.1) is 6.92 Å². The van der Waals surface area contributed by atoms with Crippen LogP contribution in [0.5, 0.6) is 5.75 Å². The van der Waals surface area contributed by atoms with E-state index in [2.05, 4.69) is 19.9 Å². The molecule has 0 amide bonds. The van der Waals surface area contributed by atoms with Gasteiger partial charge in [-0.1, -0.05) is 24.6 Å². The van der Waals surface area contributed by atoms with E-state index in [1.807, 2.05) is 0 Å². The van der Waals surface area contributed by atoms with E-state index in [-0.39, 0.29) is 28.1 Å². The Morgan fingerprint density at radius 2 is 1.81 bits per heavy atom. The van der Waals surface area contributed by atoms with E-state index in [1.165, 1.54) is 30.0 Å². The van der Waals surface area contributed by atoms with E-state index in [1.54, 1.807) is 19.1 Å². The fourth-order valence-electron chi connectivity index (χ4n) is 4.33. The summed E-state index contributed by atoms with van der Waals surface area (Å²) in [5, 5.41) is 3.19. The first-order valence-corrected chi connectivity index (χ1v) is 13.2. The minimum atomic E-state index is -4.92. The van der Waals surface area contributed by atoms with Crippen molar-refractivity contribution in [2.45, 2.75) is 38.2 Å². The number of hydrogen-bond acceptors (Lipinski definition) is 7. The van der Waals surface area contributed by atoms with Crippen molar-refractivity contribution in [3.63, 3.8) is 0 Å². The molecule has 1 saturated heterocycles. The van der Waals surface area contributed by atoms with E-state index < -0.39 is 27.5 Å². The number of alkyl halides is 3. The van der Waals surface area contributed by atoms with Gasteiger partial charge in [-0.15, -0.1) is 13.2 Å². The zero-order valence-electron chi connectivity index (χ0n) is 19.9. The largest absolute Gasteiger partial charge is 0.573 e. The minimum absolute atomic E-state index is 0.0306. The third kappa shape index (κ3) is 5.88. The summed E-state index contributed by atoms with van der Waals surface area (Å²) >= 11 is 0. The second-order valence-corrected chi connectivity index (χ2v) is 11.0. The van der Waals surface area contributed by atoms with Gasteiger partial charge < -0.3 is 10.1 Å². The molecule has 4 rings (SSSR count). The Hall–Kier alpha value is -2.96. The van der Waals surface area contributed by atoms with Crippen molar-refractivity contribution in [1.29, 1.82) is 0 Å². The highest BCUT2D eigenvalue weighted by atomic mass is 32.2. The third-order valence-corrected chi connectivity index (χ3v) is 7.92. The topological polar surface area (TPSA) is 93.5 Å². The number of aromatic nitrogens is 2. The predicted octanol–water partition coefficient (Wildman–Crippen LogP) is 2.85. The van der Waals surface area contributed by atoms with E-state index in [4.69, 9.17) is 0 Å². The SMILES string of the molecule is CCS(=O)(=O)c1ccc(C)cc1Cn1cnc2c(CN3CCNCC3)cc(OC(F)(F)F)cc2c1=O. The highest BCUT2D eigenvalue weighted by molar-refractivity contribution is 7.91. The zero-order valence-corrected chi connectivity index (χ0v) is 20.7. The van der Waals surface area contributed by atoms with Gasteiger partial charge >= 0.3 is 6.36 Å². The molecule has 1 N–H and O–H groups in total. The molecule has 1 aliphatic rings. The quantitative estimate of drug-likeness (QED) is 0.508. The Bertz CT molecular complexity index is 1430. The lowest BCUT2D eigenvalue weighted by Crippen LogP contribution is -2.43. The first-order valence-electron chi connectivity index (χ1n) is 11.5. The lowest BCUT2D eigenvalue weighted by atomic mass is 10.1. The molecule has 3 aromatic rings. The lowest BCUT2D eigenvalue weighted by Gasteiger charge is -2.27. The van der Waals surface area contributed by atoms with Gasteiger partial charge in [0.15, 0.2) is 9.84 Å². The van der Waals surface area contributed by atoms with Crippen LogP contribution < -0.4 is 15.6 Å². The van der Waals surface area contributed by atoms with Gasteiger partial charge in [0.05, 0.1) is 34.4 Å². The molecule has 0 saturated carbocycles. The van der Waals surface area contributed by atoms with Crippen LogP contribution in [0.3, 0.4) is 0 Å². The Labute approximate surface area is 206 Å². The van der Waals surface area contributed by atoms with Gasteiger partial charge in [0.2, 0.25) is 0 Å². The van der Waals surface area contributed by atoms with Crippen molar-refractivity contribution >= 4 is 20.7 Å². The summed E-state index contributed by atoms with van der Waals surface area (Å²) in [6.07, 6.45) is -3.62. The van der Waals surface area contributed by atoms with Crippen molar-refractivity contribution in [3.05, 3.63) is 63.7 Å². The molecule has 0 unspecified atom stereocenters. The molecular formula is C24H27F3N4O4S. The number of halogens is 3. The van der Waals surface area contributed by atoms with Gasteiger partial charge in [-0.05, 0) is 36.2 Å². The predicted molar refractivity (Wildman–Crippen MR) is 129 cm³/mol. The van der Waals surface area contributed by atoms with Crippen molar-refractivity contribution in [2.75, 3.05) is 31.9 Å². The summed E-state index contributed by atoms with van der Waals surface area (Å²) in [4.78, 5) is 20.0. The smallest absolute Gasteiger partial charge is 0.406 e. The lowest BCUT2D eigenvalue weighted by molar-refractivity contribution is -0.274. The summed E-state index contributed by atoms with van der Waals surface area (Å²) in [6.45, 7) is 6.43.